The van der Waals surface area contributed by atoms with E-state index in [1.54, 1.807) is 19.9 Å². The fourth-order valence-corrected chi connectivity index (χ4v) is 3.57. The number of carbonyl (C=O) groups excluding carboxylic acids is 1. The van der Waals surface area contributed by atoms with E-state index in [0.29, 0.717) is 11.4 Å². The van der Waals surface area contributed by atoms with E-state index in [0.717, 1.165) is 10.9 Å². The van der Waals surface area contributed by atoms with Crippen LogP contribution in [0.1, 0.15) is 21.9 Å². The van der Waals surface area contributed by atoms with E-state index in [-0.39, 0.29) is 22.2 Å². The zero-order valence-electron chi connectivity index (χ0n) is 16.1. The lowest BCUT2D eigenvalue weighted by atomic mass is 10.3. The van der Waals surface area contributed by atoms with E-state index >= 15 is 0 Å². The Bertz CT molecular complexity index is 1220. The molecule has 12 nitrogen and oxygen atoms in total. The molecular weight excluding hydrogens is 414 g/mol. The first kappa shape index (κ1) is 20.9. The van der Waals surface area contributed by atoms with E-state index < -0.39 is 26.5 Å². The quantitative estimate of drug-likeness (QED) is 0.441. The van der Waals surface area contributed by atoms with E-state index in [2.05, 4.69) is 25.1 Å². The maximum atomic E-state index is 12.5. The Morgan fingerprint density at radius 3 is 2.30 bits per heavy atom. The molecule has 13 heteroatoms. The van der Waals surface area contributed by atoms with Crippen molar-refractivity contribution in [3.63, 3.8) is 0 Å². The number of aromatic nitrogens is 4. The van der Waals surface area contributed by atoms with Crippen LogP contribution in [0.15, 0.2) is 41.4 Å². The zero-order chi connectivity index (χ0) is 22.1. The van der Waals surface area contributed by atoms with Crippen LogP contribution in [0, 0.1) is 24.0 Å². The van der Waals surface area contributed by atoms with Gasteiger partial charge in [0.2, 0.25) is 11.6 Å². The Balaban J connectivity index is 1.77. The van der Waals surface area contributed by atoms with Crippen molar-refractivity contribution in [2.24, 2.45) is 7.05 Å². The number of nitro groups is 1. The lowest BCUT2D eigenvalue weighted by Gasteiger charge is -2.09. The fraction of sp³-hybridized carbons (Fsp3) is 0.176. The van der Waals surface area contributed by atoms with Crippen molar-refractivity contribution >= 4 is 33.3 Å². The molecule has 2 aromatic heterocycles. The van der Waals surface area contributed by atoms with Gasteiger partial charge < -0.3 is 5.32 Å². The molecule has 0 unspecified atom stereocenters. The predicted octanol–water partition coefficient (Wildman–Crippen LogP) is 1.79. The van der Waals surface area contributed by atoms with Gasteiger partial charge in [-0.3, -0.25) is 19.6 Å². The smallest absolute Gasteiger partial charge is 0.320 e. The first-order valence-corrected chi connectivity index (χ1v) is 9.98. The van der Waals surface area contributed by atoms with Crippen molar-refractivity contribution in [3.8, 4) is 0 Å². The first-order chi connectivity index (χ1) is 14.0. The molecule has 3 aromatic rings. The van der Waals surface area contributed by atoms with Crippen molar-refractivity contribution < 1.29 is 18.1 Å². The van der Waals surface area contributed by atoms with E-state index in [1.807, 2.05) is 0 Å². The Kier molecular flexibility index (Phi) is 5.47. The molecule has 1 aromatic carbocycles. The van der Waals surface area contributed by atoms with E-state index in [1.165, 1.54) is 31.3 Å². The number of anilines is 2. The van der Waals surface area contributed by atoms with Gasteiger partial charge in [0.1, 0.15) is 6.20 Å². The van der Waals surface area contributed by atoms with Crippen molar-refractivity contribution in [2.45, 2.75) is 18.7 Å². The maximum Gasteiger partial charge on any atom is 0.320 e. The van der Waals surface area contributed by atoms with Gasteiger partial charge >= 0.3 is 5.69 Å². The number of sulfonamides is 1. The molecule has 0 aliphatic carbocycles. The van der Waals surface area contributed by atoms with Crippen molar-refractivity contribution in [1.82, 2.24) is 19.7 Å². The van der Waals surface area contributed by atoms with Gasteiger partial charge in [0, 0.05) is 24.1 Å². The van der Waals surface area contributed by atoms with Crippen LogP contribution in [0.5, 0.6) is 0 Å². The summed E-state index contributed by atoms with van der Waals surface area (Å²) in [6.07, 6.45) is 1.12. The summed E-state index contributed by atoms with van der Waals surface area (Å²) in [5.41, 5.74) is 0.671. The number of aryl methyl sites for hydroxylation is 3. The van der Waals surface area contributed by atoms with Gasteiger partial charge in [0.25, 0.3) is 15.9 Å². The Morgan fingerprint density at radius 1 is 1.13 bits per heavy atom. The summed E-state index contributed by atoms with van der Waals surface area (Å²) in [4.78, 5) is 30.6. The highest BCUT2D eigenvalue weighted by Crippen LogP contribution is 2.20. The van der Waals surface area contributed by atoms with Crippen LogP contribution in [-0.4, -0.2) is 39.0 Å². The Labute approximate surface area is 171 Å². The average Bonchev–Trinajstić information content (AvgIpc) is 3.03. The second-order valence-electron chi connectivity index (χ2n) is 6.35. The number of carbonyl (C=O) groups is 1. The number of nitrogens with zero attached hydrogens (tertiary/aromatic N) is 5. The lowest BCUT2D eigenvalue weighted by molar-refractivity contribution is -0.385. The molecule has 0 spiro atoms. The highest BCUT2D eigenvalue weighted by molar-refractivity contribution is 7.92. The van der Waals surface area contributed by atoms with Crippen LogP contribution < -0.4 is 10.0 Å². The fourth-order valence-electron chi connectivity index (χ4n) is 2.63. The lowest BCUT2D eigenvalue weighted by Crippen LogP contribution is -2.16. The molecule has 3 rings (SSSR count). The zero-order valence-corrected chi connectivity index (χ0v) is 17.0. The monoisotopic (exact) mass is 431 g/mol. The minimum Gasteiger partial charge on any atom is -0.320 e. The Morgan fingerprint density at radius 2 is 1.73 bits per heavy atom. The molecule has 2 N–H and O–H groups in total. The summed E-state index contributed by atoms with van der Waals surface area (Å²) in [6.45, 7) is 3.44. The third kappa shape index (κ3) is 4.57. The van der Waals surface area contributed by atoms with Crippen LogP contribution in [-0.2, 0) is 17.1 Å². The van der Waals surface area contributed by atoms with Crippen molar-refractivity contribution in [2.75, 3.05) is 10.0 Å². The summed E-state index contributed by atoms with van der Waals surface area (Å²) in [5.74, 6) is -0.841. The van der Waals surface area contributed by atoms with Gasteiger partial charge in [0.15, 0.2) is 0 Å². The molecule has 0 aliphatic rings. The third-order valence-corrected chi connectivity index (χ3v) is 5.20. The SMILES string of the molecule is Cc1cc(C)nc(NS(=O)(=O)c2ccc(NC(=O)c3nn(C)cc3[N+](=O)[O-])cc2)n1. The van der Waals surface area contributed by atoms with E-state index in [4.69, 9.17) is 0 Å². The highest BCUT2D eigenvalue weighted by atomic mass is 32.2. The van der Waals surface area contributed by atoms with Crippen molar-refractivity contribution in [3.05, 3.63) is 63.7 Å². The summed E-state index contributed by atoms with van der Waals surface area (Å²) >= 11 is 0. The summed E-state index contributed by atoms with van der Waals surface area (Å²) in [6, 6.07) is 6.95. The number of nitrogens with one attached hydrogen (secondary N) is 2. The van der Waals surface area contributed by atoms with Crippen LogP contribution in [0.4, 0.5) is 17.3 Å². The average molecular weight is 431 g/mol. The standard InChI is InChI=1S/C17H17N7O5S/c1-10-8-11(2)19-17(18-10)22-30(28,29)13-6-4-12(5-7-13)20-16(25)15-14(24(26)27)9-23(3)21-15/h4-9H,1-3H3,(H,20,25)(H,18,19,22). The number of amides is 1. The molecule has 0 atom stereocenters. The molecule has 0 saturated heterocycles. The molecule has 0 radical (unpaired) electrons. The van der Waals surface area contributed by atoms with Gasteiger partial charge in [0.05, 0.1) is 9.82 Å². The summed E-state index contributed by atoms with van der Waals surface area (Å²) < 4.78 is 28.5. The van der Waals surface area contributed by atoms with Gasteiger partial charge in [-0.05, 0) is 44.2 Å². The minimum atomic E-state index is -3.95. The number of hydrogen-bond donors (Lipinski definition) is 2. The normalized spacial score (nSPS) is 11.2. The van der Waals surface area contributed by atoms with E-state index in [9.17, 15) is 23.3 Å². The molecule has 2 heterocycles. The van der Waals surface area contributed by atoms with Crippen LogP contribution in [0.25, 0.3) is 0 Å². The number of hydrogen-bond acceptors (Lipinski definition) is 8. The molecule has 1 amide bonds. The van der Waals surface area contributed by atoms with Gasteiger partial charge in [-0.1, -0.05) is 0 Å². The topological polar surface area (TPSA) is 162 Å². The molecule has 0 fully saturated rings. The van der Waals surface area contributed by atoms with Crippen LogP contribution in [0.2, 0.25) is 0 Å². The van der Waals surface area contributed by atoms with Crippen molar-refractivity contribution in [1.29, 1.82) is 0 Å². The summed E-state index contributed by atoms with van der Waals surface area (Å²) in [7, 11) is -2.50. The van der Waals surface area contributed by atoms with Gasteiger partial charge in [-0.25, -0.2) is 23.1 Å². The van der Waals surface area contributed by atoms with Gasteiger partial charge in [-0.15, -0.1) is 0 Å². The molecule has 0 aliphatic heterocycles. The van der Waals surface area contributed by atoms with Crippen LogP contribution >= 0.6 is 0 Å². The highest BCUT2D eigenvalue weighted by Gasteiger charge is 2.25. The summed E-state index contributed by atoms with van der Waals surface area (Å²) in [5, 5.41) is 17.3. The van der Waals surface area contributed by atoms with Gasteiger partial charge in [-0.2, -0.15) is 5.10 Å². The third-order valence-electron chi connectivity index (χ3n) is 3.85. The molecule has 0 bridgehead atoms. The molecule has 30 heavy (non-hydrogen) atoms. The second kappa shape index (κ2) is 7.87. The maximum absolute atomic E-state index is 12.5. The Hall–Kier alpha value is -3.87. The van der Waals surface area contributed by atoms with Crippen LogP contribution in [0.3, 0.4) is 0 Å². The molecule has 0 saturated carbocycles. The number of rotatable bonds is 6. The first-order valence-electron chi connectivity index (χ1n) is 8.50. The minimum absolute atomic E-state index is 0.0488. The second-order valence-corrected chi connectivity index (χ2v) is 8.03. The predicted molar refractivity (Wildman–Crippen MR) is 107 cm³/mol. The largest absolute Gasteiger partial charge is 0.320 e. The molecule has 156 valence electrons. The number of benzene rings is 1. The molecular formula is C17H17N7O5S.